The summed E-state index contributed by atoms with van der Waals surface area (Å²) in [7, 11) is -4.17. The molecule has 0 aliphatic rings. The van der Waals surface area contributed by atoms with E-state index in [4.69, 9.17) is 9.79 Å². The molecular weight excluding hydrogens is 511 g/mol. The third-order valence-electron chi connectivity index (χ3n) is 6.25. The molecule has 0 saturated heterocycles. The summed E-state index contributed by atoms with van der Waals surface area (Å²) in [5.41, 5.74) is 6.80. The van der Waals surface area contributed by atoms with Crippen LogP contribution in [-0.4, -0.2) is 26.6 Å². The first-order valence-corrected chi connectivity index (χ1v) is 15.0. The van der Waals surface area contributed by atoms with Gasteiger partial charge in [-0.2, -0.15) is 0 Å². The molecule has 39 heavy (non-hydrogen) atoms. The molecule has 0 atom stereocenters. The van der Waals surface area contributed by atoms with E-state index < -0.39 is 7.82 Å². The first kappa shape index (κ1) is 37.1. The lowest BCUT2D eigenvalue weighted by Crippen LogP contribution is -2.17. The Hall–Kier alpha value is -1.85. The fourth-order valence-corrected chi connectivity index (χ4v) is 4.07. The largest absolute Gasteiger partial charge is 0.507 e. The maximum atomic E-state index is 10.1. The van der Waals surface area contributed by atoms with Crippen molar-refractivity contribution in [2.75, 3.05) is 6.61 Å². The van der Waals surface area contributed by atoms with Gasteiger partial charge in [0.1, 0.15) is 11.5 Å². The second kappa shape index (κ2) is 13.2. The Morgan fingerprint density at radius 2 is 0.897 bits per heavy atom. The summed E-state index contributed by atoms with van der Waals surface area (Å²) in [5.74, 6) is 0.890. The molecule has 0 unspecified atom stereocenters. The minimum Gasteiger partial charge on any atom is -0.507 e. The van der Waals surface area contributed by atoms with Gasteiger partial charge in [-0.1, -0.05) is 107 Å². The van der Waals surface area contributed by atoms with E-state index in [2.05, 4.69) is 112 Å². The number of aryl methyl sites for hydroxylation is 2. The quantitative estimate of drug-likeness (QED) is 0.271. The third kappa shape index (κ3) is 12.5. The van der Waals surface area contributed by atoms with Crippen molar-refractivity contribution in [1.82, 2.24) is 0 Å². The van der Waals surface area contributed by atoms with Crippen LogP contribution in [0.5, 0.6) is 11.5 Å². The van der Waals surface area contributed by atoms with Crippen LogP contribution >= 0.6 is 7.82 Å². The van der Waals surface area contributed by atoms with Crippen LogP contribution in [0.1, 0.15) is 123 Å². The van der Waals surface area contributed by atoms with E-state index >= 15 is 0 Å². The Morgan fingerprint density at radius 1 is 0.615 bits per heavy atom. The lowest BCUT2D eigenvalue weighted by molar-refractivity contribution is 0.206. The molecule has 0 aliphatic carbocycles. The summed E-state index contributed by atoms with van der Waals surface area (Å²) in [6.45, 7) is 31.5. The smallest absolute Gasteiger partial charge is 0.469 e. The Balaban J connectivity index is 0.000000600. The minimum atomic E-state index is -4.17. The van der Waals surface area contributed by atoms with Crippen LogP contribution < -0.4 is 0 Å². The molecule has 4 N–H and O–H groups in total. The van der Waals surface area contributed by atoms with E-state index in [-0.39, 0.29) is 28.3 Å². The van der Waals surface area contributed by atoms with Crippen LogP contribution in [0.3, 0.4) is 0 Å². The maximum Gasteiger partial charge on any atom is 0.469 e. The Morgan fingerprint density at radius 3 is 1.05 bits per heavy atom. The molecule has 0 aliphatic heterocycles. The summed E-state index contributed by atoms with van der Waals surface area (Å²) in [6.07, 6.45) is 0. The van der Waals surface area contributed by atoms with Crippen molar-refractivity contribution >= 4 is 7.82 Å². The van der Waals surface area contributed by atoms with Gasteiger partial charge in [-0.25, -0.2) is 4.57 Å². The summed E-state index contributed by atoms with van der Waals surface area (Å²) in [4.78, 5) is 15.8. The van der Waals surface area contributed by atoms with Crippen molar-refractivity contribution in [3.63, 3.8) is 0 Å². The molecule has 0 fully saturated rings. The highest BCUT2D eigenvalue weighted by molar-refractivity contribution is 7.46. The molecule has 0 saturated carbocycles. The lowest BCUT2D eigenvalue weighted by atomic mass is 9.79. The average Bonchev–Trinajstić information content (AvgIpc) is 2.68. The van der Waals surface area contributed by atoms with Crippen LogP contribution in [0.2, 0.25) is 0 Å². The van der Waals surface area contributed by atoms with Gasteiger partial charge in [-0.05, 0) is 75.8 Å². The number of phosphoric ester groups is 1. The first-order chi connectivity index (χ1) is 17.1. The Bertz CT molecular complexity index is 1050. The van der Waals surface area contributed by atoms with Crippen molar-refractivity contribution in [2.24, 2.45) is 0 Å². The molecule has 2 rings (SSSR count). The second-order valence-electron chi connectivity index (χ2n) is 14.3. The fraction of sp³-hybridized carbons (Fsp3) is 0.625. The van der Waals surface area contributed by atoms with Gasteiger partial charge in [-0.15, -0.1) is 0 Å². The van der Waals surface area contributed by atoms with Crippen LogP contribution in [0.4, 0.5) is 0 Å². The molecule has 2 aromatic carbocycles. The summed E-state index contributed by atoms with van der Waals surface area (Å²) in [5, 5.41) is 20.2. The highest BCUT2D eigenvalue weighted by Gasteiger charge is 2.24. The zero-order valence-electron chi connectivity index (χ0n) is 27.1. The maximum absolute atomic E-state index is 10.1. The van der Waals surface area contributed by atoms with Gasteiger partial charge in [0.15, 0.2) is 0 Å². The molecule has 0 heterocycles. The van der Waals surface area contributed by atoms with E-state index in [9.17, 15) is 14.8 Å². The number of hydrogen-bond acceptors (Lipinski definition) is 4. The van der Waals surface area contributed by atoms with Crippen molar-refractivity contribution in [3.8, 4) is 11.5 Å². The monoisotopic (exact) mass is 566 g/mol. The highest BCUT2D eigenvalue weighted by Crippen LogP contribution is 2.38. The zero-order chi connectivity index (χ0) is 31.4. The van der Waals surface area contributed by atoms with E-state index in [0.717, 1.165) is 22.3 Å². The molecule has 6 nitrogen and oxygen atoms in total. The molecule has 0 amide bonds. The van der Waals surface area contributed by atoms with Gasteiger partial charge in [0.25, 0.3) is 0 Å². The lowest BCUT2D eigenvalue weighted by Gasteiger charge is -2.27. The molecule has 0 aromatic heterocycles. The molecule has 0 bridgehead atoms. The van der Waals surface area contributed by atoms with Gasteiger partial charge < -0.3 is 20.0 Å². The van der Waals surface area contributed by atoms with Crippen molar-refractivity contribution in [2.45, 2.75) is 126 Å². The summed E-state index contributed by atoms with van der Waals surface area (Å²) < 4.78 is 13.6. The summed E-state index contributed by atoms with van der Waals surface area (Å²) >= 11 is 0. The molecule has 2 aromatic rings. The normalized spacial score (nSPS) is 12.7. The molecular formula is C32H55O6P. The average molecular weight is 567 g/mol. The third-order valence-corrected chi connectivity index (χ3v) is 6.84. The standard InChI is InChI=1S/2C15H24O.C2H7O4P/c2*1-10-8-11(14(2,3)4)9-12(13(10)16)15(5,6)7;1-2-6-7(3,4)5/h2*8-9,16H,1-7H3;2H2,1H3,(H2,3,4,5). The zero-order valence-corrected chi connectivity index (χ0v) is 28.0. The minimum absolute atomic E-state index is 0.0178. The van der Waals surface area contributed by atoms with Crippen molar-refractivity contribution in [1.29, 1.82) is 0 Å². The van der Waals surface area contributed by atoms with Gasteiger partial charge in [0, 0.05) is 0 Å². The van der Waals surface area contributed by atoms with Crippen LogP contribution in [0.25, 0.3) is 0 Å². The van der Waals surface area contributed by atoms with Crippen LogP contribution in [0, 0.1) is 13.8 Å². The number of phenolic OH excluding ortho intramolecular Hbond substituents is 2. The number of phosphoric acid groups is 1. The molecule has 0 spiro atoms. The Kier molecular flexibility index (Phi) is 12.6. The van der Waals surface area contributed by atoms with Gasteiger partial charge in [0.2, 0.25) is 0 Å². The molecule has 224 valence electrons. The topological polar surface area (TPSA) is 107 Å². The number of rotatable bonds is 2. The predicted octanol–water partition coefficient (Wildman–Crippen LogP) is 8.71. The van der Waals surface area contributed by atoms with Gasteiger partial charge in [-0.3, -0.25) is 4.52 Å². The predicted molar refractivity (Wildman–Crippen MR) is 164 cm³/mol. The van der Waals surface area contributed by atoms with E-state index in [1.54, 1.807) is 0 Å². The van der Waals surface area contributed by atoms with Crippen LogP contribution in [0.15, 0.2) is 24.3 Å². The van der Waals surface area contributed by atoms with Crippen molar-refractivity contribution < 1.29 is 29.1 Å². The van der Waals surface area contributed by atoms with E-state index in [1.165, 1.54) is 18.1 Å². The Labute approximate surface area is 238 Å². The number of aromatic hydroxyl groups is 2. The summed E-state index contributed by atoms with van der Waals surface area (Å²) in [6, 6.07) is 8.46. The van der Waals surface area contributed by atoms with Gasteiger partial charge in [0.05, 0.1) is 6.61 Å². The van der Waals surface area contributed by atoms with Crippen LogP contribution in [-0.2, 0) is 30.7 Å². The highest BCUT2D eigenvalue weighted by atomic mass is 31.2. The number of phenols is 2. The van der Waals surface area contributed by atoms with E-state index in [0.29, 0.717) is 11.5 Å². The SMILES string of the molecule is CCOP(=O)(O)O.Cc1cc(C(C)(C)C)cc(C(C)(C)C)c1O.Cc1cc(C(C)(C)C)cc(C(C)(C)C)c1O. The first-order valence-electron chi connectivity index (χ1n) is 13.5. The number of hydrogen-bond donors (Lipinski definition) is 4. The molecule has 0 radical (unpaired) electrons. The molecule has 7 heteroatoms. The number of benzene rings is 2. The van der Waals surface area contributed by atoms with E-state index in [1.807, 2.05) is 13.8 Å². The fourth-order valence-electron chi connectivity index (χ4n) is 3.74. The van der Waals surface area contributed by atoms with Gasteiger partial charge >= 0.3 is 7.82 Å². The van der Waals surface area contributed by atoms with Crippen molar-refractivity contribution in [3.05, 3.63) is 57.6 Å². The second-order valence-corrected chi connectivity index (χ2v) is 15.5.